The molecule has 1 aromatic carbocycles. The number of aromatic nitrogens is 1. The standard InChI is InChI=1S/C19H21N3O5/c1-20-19(26)16-9-6-14(12-21-16)18(25)22-11-13-4-7-15(8-5-13)27-10-2-3-17(23)24/h4-9,12H,2-3,10-11H2,1H3,(H,20,26)(H,22,25)(H,23,24). The zero-order chi connectivity index (χ0) is 19.6. The second-order valence-electron chi connectivity index (χ2n) is 5.68. The van der Waals surface area contributed by atoms with Gasteiger partial charge in [-0.2, -0.15) is 0 Å². The largest absolute Gasteiger partial charge is 0.494 e. The van der Waals surface area contributed by atoms with Crippen molar-refractivity contribution >= 4 is 17.8 Å². The molecule has 0 bridgehead atoms. The Morgan fingerprint density at radius 2 is 1.81 bits per heavy atom. The molecule has 0 spiro atoms. The van der Waals surface area contributed by atoms with Gasteiger partial charge in [-0.25, -0.2) is 0 Å². The molecule has 1 heterocycles. The van der Waals surface area contributed by atoms with Gasteiger partial charge in [0.15, 0.2) is 0 Å². The third kappa shape index (κ3) is 6.43. The van der Waals surface area contributed by atoms with Crippen molar-refractivity contribution in [2.45, 2.75) is 19.4 Å². The Kier molecular flexibility index (Phi) is 7.30. The van der Waals surface area contributed by atoms with Gasteiger partial charge in [0.25, 0.3) is 11.8 Å². The van der Waals surface area contributed by atoms with E-state index in [9.17, 15) is 14.4 Å². The molecular formula is C19H21N3O5. The fourth-order valence-electron chi connectivity index (χ4n) is 2.19. The normalized spacial score (nSPS) is 10.1. The molecule has 0 aliphatic carbocycles. The lowest BCUT2D eigenvalue weighted by molar-refractivity contribution is -0.137. The molecule has 0 radical (unpaired) electrons. The summed E-state index contributed by atoms with van der Waals surface area (Å²) in [5, 5.41) is 13.8. The van der Waals surface area contributed by atoms with Crippen molar-refractivity contribution in [1.82, 2.24) is 15.6 Å². The van der Waals surface area contributed by atoms with Crippen molar-refractivity contribution < 1.29 is 24.2 Å². The molecule has 1 aromatic heterocycles. The summed E-state index contributed by atoms with van der Waals surface area (Å²) >= 11 is 0. The monoisotopic (exact) mass is 371 g/mol. The lowest BCUT2D eigenvalue weighted by Crippen LogP contribution is -2.24. The maximum atomic E-state index is 12.1. The second kappa shape index (κ2) is 9.91. The van der Waals surface area contributed by atoms with Gasteiger partial charge in [-0.3, -0.25) is 19.4 Å². The lowest BCUT2D eigenvalue weighted by atomic mass is 10.2. The summed E-state index contributed by atoms with van der Waals surface area (Å²) in [4.78, 5) is 38.0. The van der Waals surface area contributed by atoms with Gasteiger partial charge in [0.1, 0.15) is 11.4 Å². The Bertz CT molecular complexity index is 788. The second-order valence-corrected chi connectivity index (χ2v) is 5.68. The number of hydrogen-bond donors (Lipinski definition) is 3. The molecule has 0 atom stereocenters. The Hall–Kier alpha value is -3.42. The smallest absolute Gasteiger partial charge is 0.303 e. The Labute approximate surface area is 156 Å². The first kappa shape index (κ1) is 19.9. The maximum absolute atomic E-state index is 12.1. The Morgan fingerprint density at radius 3 is 2.41 bits per heavy atom. The summed E-state index contributed by atoms with van der Waals surface area (Å²) in [7, 11) is 1.51. The van der Waals surface area contributed by atoms with Crippen LogP contribution in [0, 0.1) is 0 Å². The fraction of sp³-hybridized carbons (Fsp3) is 0.263. The number of carboxylic acid groups (broad SMARTS) is 1. The van der Waals surface area contributed by atoms with Crippen LogP contribution in [0.1, 0.15) is 39.3 Å². The molecule has 2 aromatic rings. The van der Waals surface area contributed by atoms with Gasteiger partial charge >= 0.3 is 5.97 Å². The van der Waals surface area contributed by atoms with Crippen LogP contribution in [0.15, 0.2) is 42.6 Å². The average Bonchev–Trinajstić information content (AvgIpc) is 2.69. The lowest BCUT2D eigenvalue weighted by Gasteiger charge is -2.08. The topological polar surface area (TPSA) is 118 Å². The van der Waals surface area contributed by atoms with E-state index >= 15 is 0 Å². The number of carbonyl (C=O) groups is 3. The molecule has 0 aliphatic heterocycles. The predicted octanol–water partition coefficient (Wildman–Crippen LogP) is 1.61. The fourth-order valence-corrected chi connectivity index (χ4v) is 2.19. The number of aliphatic carboxylic acids is 1. The van der Waals surface area contributed by atoms with Crippen molar-refractivity contribution in [1.29, 1.82) is 0 Å². The number of hydrogen-bond acceptors (Lipinski definition) is 5. The van der Waals surface area contributed by atoms with E-state index in [0.717, 1.165) is 5.56 Å². The number of carboxylic acids is 1. The van der Waals surface area contributed by atoms with E-state index in [1.807, 2.05) is 12.1 Å². The predicted molar refractivity (Wildman–Crippen MR) is 97.6 cm³/mol. The summed E-state index contributed by atoms with van der Waals surface area (Å²) in [6.07, 6.45) is 1.87. The molecule has 27 heavy (non-hydrogen) atoms. The molecule has 0 saturated carbocycles. The van der Waals surface area contributed by atoms with Crippen LogP contribution in [0.2, 0.25) is 0 Å². The zero-order valence-electron chi connectivity index (χ0n) is 14.9. The number of rotatable bonds is 9. The molecule has 8 nitrogen and oxygen atoms in total. The minimum absolute atomic E-state index is 0.0725. The molecule has 3 N–H and O–H groups in total. The molecule has 2 rings (SSSR count). The molecule has 0 aliphatic rings. The number of nitrogens with one attached hydrogen (secondary N) is 2. The number of carbonyl (C=O) groups excluding carboxylic acids is 2. The van der Waals surface area contributed by atoms with E-state index in [4.69, 9.17) is 9.84 Å². The summed E-state index contributed by atoms with van der Waals surface area (Å²) in [6.45, 7) is 0.663. The van der Waals surface area contributed by atoms with Crippen molar-refractivity contribution in [3.8, 4) is 5.75 Å². The van der Waals surface area contributed by atoms with Crippen LogP contribution in [0.3, 0.4) is 0 Å². The number of benzene rings is 1. The van der Waals surface area contributed by atoms with Crippen molar-refractivity contribution in [3.05, 3.63) is 59.4 Å². The van der Waals surface area contributed by atoms with Crippen LogP contribution in [-0.2, 0) is 11.3 Å². The van der Waals surface area contributed by atoms with Gasteiger partial charge in [-0.05, 0) is 36.2 Å². The quantitative estimate of drug-likeness (QED) is 0.577. The van der Waals surface area contributed by atoms with Crippen LogP contribution in [-0.4, -0.2) is 41.5 Å². The number of nitrogens with zero attached hydrogens (tertiary/aromatic N) is 1. The molecular weight excluding hydrogens is 350 g/mol. The van der Waals surface area contributed by atoms with Crippen molar-refractivity contribution in [2.75, 3.05) is 13.7 Å². The van der Waals surface area contributed by atoms with Crippen LogP contribution in [0.4, 0.5) is 0 Å². The highest BCUT2D eigenvalue weighted by molar-refractivity contribution is 5.96. The van der Waals surface area contributed by atoms with Gasteiger partial charge in [-0.1, -0.05) is 12.1 Å². The van der Waals surface area contributed by atoms with Crippen LogP contribution in [0.25, 0.3) is 0 Å². The Balaban J connectivity index is 1.81. The molecule has 0 fully saturated rings. The molecule has 0 unspecified atom stereocenters. The van der Waals surface area contributed by atoms with Gasteiger partial charge in [0, 0.05) is 26.2 Å². The van der Waals surface area contributed by atoms with Crippen molar-refractivity contribution in [2.24, 2.45) is 0 Å². The third-order valence-corrected chi connectivity index (χ3v) is 3.67. The van der Waals surface area contributed by atoms with E-state index in [-0.39, 0.29) is 23.9 Å². The van der Waals surface area contributed by atoms with E-state index in [0.29, 0.717) is 30.9 Å². The summed E-state index contributed by atoms with van der Waals surface area (Å²) in [5.74, 6) is -0.806. The molecule has 2 amide bonds. The third-order valence-electron chi connectivity index (χ3n) is 3.67. The maximum Gasteiger partial charge on any atom is 0.303 e. The number of pyridine rings is 1. The van der Waals surface area contributed by atoms with Crippen LogP contribution < -0.4 is 15.4 Å². The van der Waals surface area contributed by atoms with E-state index in [1.165, 1.54) is 19.3 Å². The van der Waals surface area contributed by atoms with Crippen LogP contribution in [0.5, 0.6) is 5.75 Å². The average molecular weight is 371 g/mol. The Morgan fingerprint density at radius 1 is 1.07 bits per heavy atom. The minimum atomic E-state index is -0.844. The summed E-state index contributed by atoms with van der Waals surface area (Å²) in [6, 6.07) is 10.2. The van der Waals surface area contributed by atoms with Gasteiger partial charge in [-0.15, -0.1) is 0 Å². The molecule has 142 valence electrons. The summed E-state index contributed by atoms with van der Waals surface area (Å²) < 4.78 is 5.45. The van der Waals surface area contributed by atoms with Gasteiger partial charge < -0.3 is 20.5 Å². The highest BCUT2D eigenvalue weighted by atomic mass is 16.5. The molecule has 8 heteroatoms. The first-order valence-electron chi connectivity index (χ1n) is 8.39. The number of ether oxygens (including phenoxy) is 1. The first-order valence-corrected chi connectivity index (χ1v) is 8.39. The van der Waals surface area contributed by atoms with Gasteiger partial charge in [0.05, 0.1) is 12.2 Å². The van der Waals surface area contributed by atoms with Crippen molar-refractivity contribution in [3.63, 3.8) is 0 Å². The number of amides is 2. The first-order chi connectivity index (χ1) is 13.0. The van der Waals surface area contributed by atoms with Crippen LogP contribution >= 0.6 is 0 Å². The zero-order valence-corrected chi connectivity index (χ0v) is 14.9. The van der Waals surface area contributed by atoms with Gasteiger partial charge in [0.2, 0.25) is 0 Å². The van der Waals surface area contributed by atoms with E-state index < -0.39 is 5.97 Å². The molecule has 0 saturated heterocycles. The SMILES string of the molecule is CNC(=O)c1ccc(C(=O)NCc2ccc(OCCCC(=O)O)cc2)cn1. The summed E-state index contributed by atoms with van der Waals surface area (Å²) in [5.41, 5.74) is 1.49. The highest BCUT2D eigenvalue weighted by Crippen LogP contribution is 2.13. The van der Waals surface area contributed by atoms with E-state index in [2.05, 4.69) is 15.6 Å². The minimum Gasteiger partial charge on any atom is -0.494 e. The highest BCUT2D eigenvalue weighted by Gasteiger charge is 2.09. The van der Waals surface area contributed by atoms with E-state index in [1.54, 1.807) is 18.2 Å².